The summed E-state index contributed by atoms with van der Waals surface area (Å²) in [5, 5.41) is 0. The van der Waals surface area contributed by atoms with Gasteiger partial charge in [0.05, 0.1) is 6.61 Å². The van der Waals surface area contributed by atoms with Crippen LogP contribution in [0.4, 0.5) is 0 Å². The van der Waals surface area contributed by atoms with Gasteiger partial charge >= 0.3 is 0 Å². The summed E-state index contributed by atoms with van der Waals surface area (Å²) in [6.07, 6.45) is 1.17. The summed E-state index contributed by atoms with van der Waals surface area (Å²) in [5.41, 5.74) is 6.25. The number of piperazine rings is 1. The van der Waals surface area contributed by atoms with Crippen LogP contribution in [0.5, 0.6) is 0 Å². The van der Waals surface area contributed by atoms with Gasteiger partial charge in [0.25, 0.3) is 0 Å². The molecule has 2 heterocycles. The summed E-state index contributed by atoms with van der Waals surface area (Å²) in [6.45, 7) is 15.4. The van der Waals surface area contributed by atoms with E-state index in [0.29, 0.717) is 5.92 Å². The number of rotatable bonds is 5. The van der Waals surface area contributed by atoms with Crippen molar-refractivity contribution in [2.75, 3.05) is 52.5 Å². The Balaban J connectivity index is 1.90. The maximum atomic E-state index is 6.12. The Morgan fingerprint density at radius 1 is 1.26 bits per heavy atom. The third kappa shape index (κ3) is 3.48. The number of hydrogen-bond acceptors (Lipinski definition) is 4. The smallest absolute Gasteiger partial charge is 0.0513 e. The molecule has 2 aliphatic heterocycles. The van der Waals surface area contributed by atoms with Gasteiger partial charge in [-0.25, -0.2) is 0 Å². The van der Waals surface area contributed by atoms with Gasteiger partial charge in [-0.2, -0.15) is 0 Å². The highest BCUT2D eigenvalue weighted by Gasteiger charge is 2.41. The average Bonchev–Trinajstić information content (AvgIpc) is 2.92. The van der Waals surface area contributed by atoms with E-state index in [-0.39, 0.29) is 5.54 Å². The molecule has 2 N–H and O–H groups in total. The zero-order valence-electron chi connectivity index (χ0n) is 12.9. The van der Waals surface area contributed by atoms with E-state index < -0.39 is 0 Å². The summed E-state index contributed by atoms with van der Waals surface area (Å²) in [4.78, 5) is 5.20. The van der Waals surface area contributed by atoms with Crippen molar-refractivity contribution in [3.63, 3.8) is 0 Å². The Morgan fingerprint density at radius 2 is 1.95 bits per heavy atom. The number of nitrogens with two attached hydrogens (primary N) is 1. The monoisotopic (exact) mass is 269 g/mol. The normalized spacial score (nSPS) is 29.8. The van der Waals surface area contributed by atoms with Gasteiger partial charge in [-0.3, -0.25) is 4.90 Å². The van der Waals surface area contributed by atoms with Crippen LogP contribution in [0.3, 0.4) is 0 Å². The topological polar surface area (TPSA) is 41.7 Å². The molecule has 2 unspecified atom stereocenters. The molecule has 0 aromatic rings. The highest BCUT2D eigenvalue weighted by molar-refractivity contribution is 4.97. The van der Waals surface area contributed by atoms with Gasteiger partial charge < -0.3 is 15.4 Å². The van der Waals surface area contributed by atoms with Crippen LogP contribution in [0.1, 0.15) is 27.2 Å². The standard InChI is InChI=1S/C15H31N3O/c1-13(2)10-17-5-7-18(8-6-17)15(3,12-16)14-4-9-19-11-14/h13-14H,4-12,16H2,1-3H3. The van der Waals surface area contributed by atoms with Gasteiger partial charge in [0, 0.05) is 57.3 Å². The lowest BCUT2D eigenvalue weighted by molar-refractivity contribution is 0.00419. The van der Waals surface area contributed by atoms with Crippen molar-refractivity contribution < 1.29 is 4.74 Å². The minimum atomic E-state index is 0.125. The fourth-order valence-electron chi connectivity index (χ4n) is 3.54. The summed E-state index contributed by atoms with van der Waals surface area (Å²) in [6, 6.07) is 0. The quantitative estimate of drug-likeness (QED) is 0.809. The first-order chi connectivity index (χ1) is 9.06. The fourth-order valence-corrected chi connectivity index (χ4v) is 3.54. The lowest BCUT2D eigenvalue weighted by Gasteiger charge is -2.48. The summed E-state index contributed by atoms with van der Waals surface area (Å²) in [5.74, 6) is 1.37. The van der Waals surface area contributed by atoms with E-state index in [2.05, 4.69) is 30.6 Å². The predicted molar refractivity (Wildman–Crippen MR) is 79.2 cm³/mol. The molecule has 0 aromatic carbocycles. The Kier molecular flexibility index (Phi) is 5.23. The summed E-state index contributed by atoms with van der Waals surface area (Å²) >= 11 is 0. The van der Waals surface area contributed by atoms with E-state index in [1.807, 2.05) is 0 Å². The van der Waals surface area contributed by atoms with Crippen LogP contribution >= 0.6 is 0 Å². The van der Waals surface area contributed by atoms with Crippen molar-refractivity contribution in [1.82, 2.24) is 9.80 Å². The second-order valence-corrected chi connectivity index (χ2v) is 6.80. The molecule has 19 heavy (non-hydrogen) atoms. The molecule has 0 spiro atoms. The molecule has 0 saturated carbocycles. The Bertz CT molecular complexity index is 271. The van der Waals surface area contributed by atoms with Gasteiger partial charge in [0.15, 0.2) is 0 Å². The molecule has 0 aromatic heterocycles. The first-order valence-electron chi connectivity index (χ1n) is 7.81. The second kappa shape index (κ2) is 6.53. The Morgan fingerprint density at radius 3 is 2.42 bits per heavy atom. The van der Waals surface area contributed by atoms with Crippen molar-refractivity contribution >= 4 is 0 Å². The van der Waals surface area contributed by atoms with Crippen molar-refractivity contribution in [3.05, 3.63) is 0 Å². The SMILES string of the molecule is CC(C)CN1CCN(C(C)(CN)C2CCOC2)CC1. The van der Waals surface area contributed by atoms with Crippen molar-refractivity contribution in [2.45, 2.75) is 32.7 Å². The van der Waals surface area contributed by atoms with Crippen LogP contribution in [0.15, 0.2) is 0 Å². The number of nitrogens with zero attached hydrogens (tertiary/aromatic N) is 2. The number of ether oxygens (including phenoxy) is 1. The molecule has 2 rings (SSSR count). The molecule has 0 amide bonds. The highest BCUT2D eigenvalue weighted by atomic mass is 16.5. The van der Waals surface area contributed by atoms with Crippen LogP contribution in [0.2, 0.25) is 0 Å². The Labute approximate surface area is 118 Å². The van der Waals surface area contributed by atoms with E-state index in [9.17, 15) is 0 Å². The van der Waals surface area contributed by atoms with Crippen molar-refractivity contribution in [3.8, 4) is 0 Å². The zero-order valence-corrected chi connectivity index (χ0v) is 12.9. The molecule has 0 radical (unpaired) electrons. The highest BCUT2D eigenvalue weighted by Crippen LogP contribution is 2.31. The molecule has 2 aliphatic rings. The lowest BCUT2D eigenvalue weighted by Crippen LogP contribution is -2.62. The van der Waals surface area contributed by atoms with Crippen LogP contribution in [0, 0.1) is 11.8 Å². The maximum Gasteiger partial charge on any atom is 0.0513 e. The van der Waals surface area contributed by atoms with Crippen LogP contribution in [-0.4, -0.2) is 67.8 Å². The molecule has 2 saturated heterocycles. The molecule has 4 heteroatoms. The third-order valence-corrected chi connectivity index (χ3v) is 4.94. The molecule has 112 valence electrons. The van der Waals surface area contributed by atoms with Gasteiger partial charge in [-0.1, -0.05) is 13.8 Å². The molecule has 2 atom stereocenters. The molecule has 0 aliphatic carbocycles. The van der Waals surface area contributed by atoms with E-state index in [1.54, 1.807) is 0 Å². The van der Waals surface area contributed by atoms with Crippen molar-refractivity contribution in [1.29, 1.82) is 0 Å². The Hall–Kier alpha value is -0.160. The van der Waals surface area contributed by atoms with Crippen LogP contribution in [0.25, 0.3) is 0 Å². The first-order valence-corrected chi connectivity index (χ1v) is 7.81. The largest absolute Gasteiger partial charge is 0.381 e. The molecule has 2 fully saturated rings. The van der Waals surface area contributed by atoms with E-state index >= 15 is 0 Å². The van der Waals surface area contributed by atoms with Gasteiger partial charge in [-0.05, 0) is 19.3 Å². The molecular weight excluding hydrogens is 238 g/mol. The zero-order chi connectivity index (χ0) is 13.9. The molecular formula is C15H31N3O. The summed E-state index contributed by atoms with van der Waals surface area (Å²) < 4.78 is 5.58. The lowest BCUT2D eigenvalue weighted by atomic mass is 9.82. The van der Waals surface area contributed by atoms with Gasteiger partial charge in [0.1, 0.15) is 0 Å². The third-order valence-electron chi connectivity index (χ3n) is 4.94. The first kappa shape index (κ1) is 15.2. The van der Waals surface area contributed by atoms with E-state index in [4.69, 9.17) is 10.5 Å². The second-order valence-electron chi connectivity index (χ2n) is 6.80. The van der Waals surface area contributed by atoms with E-state index in [1.165, 1.54) is 26.1 Å². The summed E-state index contributed by atoms with van der Waals surface area (Å²) in [7, 11) is 0. The number of hydrogen-bond donors (Lipinski definition) is 1. The van der Waals surface area contributed by atoms with Gasteiger partial charge in [0.2, 0.25) is 0 Å². The fraction of sp³-hybridized carbons (Fsp3) is 1.00. The minimum Gasteiger partial charge on any atom is -0.381 e. The molecule has 4 nitrogen and oxygen atoms in total. The van der Waals surface area contributed by atoms with E-state index in [0.717, 1.165) is 38.8 Å². The maximum absolute atomic E-state index is 6.12. The minimum absolute atomic E-state index is 0.125. The van der Waals surface area contributed by atoms with Crippen molar-refractivity contribution in [2.24, 2.45) is 17.6 Å². The predicted octanol–water partition coefficient (Wildman–Crippen LogP) is 1.01. The average molecular weight is 269 g/mol. The van der Waals surface area contributed by atoms with Crippen LogP contribution < -0.4 is 5.73 Å². The molecule has 0 bridgehead atoms. The van der Waals surface area contributed by atoms with Crippen LogP contribution in [-0.2, 0) is 4.74 Å². The van der Waals surface area contributed by atoms with Gasteiger partial charge in [-0.15, -0.1) is 0 Å².